The molecule has 1 saturated heterocycles. The maximum absolute atomic E-state index is 14.0. The van der Waals surface area contributed by atoms with E-state index in [1.165, 1.54) is 0 Å². The second-order valence-electron chi connectivity index (χ2n) is 3.87. The Morgan fingerprint density at radius 2 is 2.23 bits per heavy atom. The number of rotatable bonds is 2. The van der Waals surface area contributed by atoms with Crippen LogP contribution in [0.4, 0.5) is 4.39 Å². The molecule has 1 rings (SSSR count). The lowest BCUT2D eigenvalue weighted by Crippen LogP contribution is -2.46. The van der Waals surface area contributed by atoms with Crippen molar-refractivity contribution in [3.8, 4) is 0 Å². The summed E-state index contributed by atoms with van der Waals surface area (Å²) in [5.41, 5.74) is 3.75. The van der Waals surface area contributed by atoms with Gasteiger partial charge in [-0.1, -0.05) is 6.92 Å². The molecule has 13 heavy (non-hydrogen) atoms. The molecule has 78 valence electrons. The van der Waals surface area contributed by atoms with Gasteiger partial charge in [0.2, 0.25) is 0 Å². The van der Waals surface area contributed by atoms with Gasteiger partial charge in [0.25, 0.3) is 0 Å². The molecule has 0 saturated carbocycles. The average molecular weight is 209 g/mol. The van der Waals surface area contributed by atoms with E-state index in [0.29, 0.717) is 12.8 Å². The van der Waals surface area contributed by atoms with E-state index in [1.807, 2.05) is 0 Å². The Morgan fingerprint density at radius 3 is 2.69 bits per heavy atom. The fraction of sp³-hybridized carbons (Fsp3) is 1.00. The standard InChI is InChI=1S/C8H16FNO2S/c1-7(5-10)8(9)3-2-4-13(11,12)6-8/h7H,2-6,10H2,1H3. The van der Waals surface area contributed by atoms with Crippen LogP contribution in [0.1, 0.15) is 19.8 Å². The Hall–Kier alpha value is -0.160. The minimum absolute atomic E-state index is 0.121. The van der Waals surface area contributed by atoms with Gasteiger partial charge in [-0.15, -0.1) is 0 Å². The van der Waals surface area contributed by atoms with Crippen LogP contribution < -0.4 is 5.73 Å². The molecule has 2 unspecified atom stereocenters. The second kappa shape index (κ2) is 3.53. The summed E-state index contributed by atoms with van der Waals surface area (Å²) in [6.07, 6.45) is 0.744. The normalized spacial score (nSPS) is 35.6. The van der Waals surface area contributed by atoms with Gasteiger partial charge in [0.05, 0.1) is 11.5 Å². The Bertz CT molecular complexity index is 278. The maximum Gasteiger partial charge on any atom is 0.153 e. The van der Waals surface area contributed by atoms with Gasteiger partial charge in [-0.25, -0.2) is 12.8 Å². The van der Waals surface area contributed by atoms with Gasteiger partial charge in [0.15, 0.2) is 9.84 Å². The zero-order valence-corrected chi connectivity index (χ0v) is 8.61. The van der Waals surface area contributed by atoms with Crippen LogP contribution in [0.25, 0.3) is 0 Å². The van der Waals surface area contributed by atoms with Crippen LogP contribution in [0.5, 0.6) is 0 Å². The molecular weight excluding hydrogens is 193 g/mol. The molecule has 0 aromatic heterocycles. The highest BCUT2D eigenvalue weighted by Crippen LogP contribution is 2.33. The van der Waals surface area contributed by atoms with Gasteiger partial charge in [0.1, 0.15) is 5.67 Å². The summed E-state index contributed by atoms with van der Waals surface area (Å²) in [7, 11) is -3.18. The van der Waals surface area contributed by atoms with Crippen molar-refractivity contribution >= 4 is 9.84 Å². The van der Waals surface area contributed by atoms with E-state index in [-0.39, 0.29) is 24.0 Å². The maximum atomic E-state index is 14.0. The Morgan fingerprint density at radius 1 is 1.62 bits per heavy atom. The molecule has 0 aromatic carbocycles. The molecule has 1 aliphatic rings. The van der Waals surface area contributed by atoms with Crippen LogP contribution in [0, 0.1) is 5.92 Å². The van der Waals surface area contributed by atoms with E-state index >= 15 is 0 Å². The highest BCUT2D eigenvalue weighted by Gasteiger charge is 2.42. The van der Waals surface area contributed by atoms with Crippen molar-refractivity contribution < 1.29 is 12.8 Å². The first-order chi connectivity index (χ1) is 5.90. The highest BCUT2D eigenvalue weighted by atomic mass is 32.2. The Kier molecular flexibility index (Phi) is 2.97. The smallest absolute Gasteiger partial charge is 0.153 e. The van der Waals surface area contributed by atoms with E-state index in [2.05, 4.69) is 0 Å². The van der Waals surface area contributed by atoms with Gasteiger partial charge in [-0.05, 0) is 19.4 Å². The summed E-state index contributed by atoms with van der Waals surface area (Å²) in [5, 5.41) is 0. The zero-order chi connectivity index (χ0) is 10.1. The molecule has 5 heteroatoms. The largest absolute Gasteiger partial charge is 0.330 e. The minimum atomic E-state index is -3.18. The summed E-state index contributed by atoms with van der Waals surface area (Å²) >= 11 is 0. The van der Waals surface area contributed by atoms with Crippen molar-refractivity contribution in [2.45, 2.75) is 25.4 Å². The zero-order valence-electron chi connectivity index (χ0n) is 7.79. The lowest BCUT2D eigenvalue weighted by molar-refractivity contribution is 0.104. The van der Waals surface area contributed by atoms with E-state index in [9.17, 15) is 12.8 Å². The first-order valence-electron chi connectivity index (χ1n) is 4.49. The predicted molar refractivity (Wildman–Crippen MR) is 49.9 cm³/mol. The quantitative estimate of drug-likeness (QED) is 0.720. The average Bonchev–Trinajstić information content (AvgIpc) is 2.00. The second-order valence-corrected chi connectivity index (χ2v) is 6.05. The summed E-state index contributed by atoms with van der Waals surface area (Å²) < 4.78 is 36.4. The number of hydrogen-bond acceptors (Lipinski definition) is 3. The molecule has 0 amide bonds. The van der Waals surface area contributed by atoms with E-state index in [4.69, 9.17) is 5.73 Å². The van der Waals surface area contributed by atoms with E-state index < -0.39 is 15.5 Å². The summed E-state index contributed by atoms with van der Waals surface area (Å²) in [6, 6.07) is 0. The third-order valence-corrected chi connectivity index (χ3v) is 4.57. The number of sulfone groups is 1. The third-order valence-electron chi connectivity index (χ3n) is 2.74. The van der Waals surface area contributed by atoms with Crippen molar-refractivity contribution in [1.82, 2.24) is 0 Å². The number of alkyl halides is 1. The van der Waals surface area contributed by atoms with Crippen LogP contribution in [0.3, 0.4) is 0 Å². The summed E-state index contributed by atoms with van der Waals surface area (Å²) in [6.45, 7) is 1.87. The molecular formula is C8H16FNO2S. The third kappa shape index (κ3) is 2.40. The first-order valence-corrected chi connectivity index (χ1v) is 6.31. The van der Waals surface area contributed by atoms with Gasteiger partial charge >= 0.3 is 0 Å². The minimum Gasteiger partial charge on any atom is -0.330 e. The fourth-order valence-corrected chi connectivity index (χ4v) is 3.58. The first kappa shape index (κ1) is 10.9. The molecule has 1 fully saturated rings. The molecule has 1 heterocycles. The van der Waals surface area contributed by atoms with Gasteiger partial charge in [0, 0.05) is 5.92 Å². The summed E-state index contributed by atoms with van der Waals surface area (Å²) in [4.78, 5) is 0. The number of hydrogen-bond donors (Lipinski definition) is 1. The molecule has 0 aliphatic carbocycles. The Balaban J connectivity index is 2.80. The van der Waals surface area contributed by atoms with Gasteiger partial charge in [-0.3, -0.25) is 0 Å². The van der Waals surface area contributed by atoms with Crippen LogP contribution in [0.2, 0.25) is 0 Å². The lowest BCUT2D eigenvalue weighted by Gasteiger charge is -2.33. The van der Waals surface area contributed by atoms with Crippen molar-refractivity contribution in [2.24, 2.45) is 11.7 Å². The van der Waals surface area contributed by atoms with Crippen LogP contribution in [-0.4, -0.2) is 32.1 Å². The topological polar surface area (TPSA) is 60.2 Å². The van der Waals surface area contributed by atoms with E-state index in [1.54, 1.807) is 6.92 Å². The van der Waals surface area contributed by atoms with Crippen molar-refractivity contribution in [1.29, 1.82) is 0 Å². The number of nitrogens with two attached hydrogens (primary N) is 1. The Labute approximate surface area is 78.4 Å². The highest BCUT2D eigenvalue weighted by molar-refractivity contribution is 7.91. The van der Waals surface area contributed by atoms with Crippen LogP contribution >= 0.6 is 0 Å². The van der Waals surface area contributed by atoms with E-state index in [0.717, 1.165) is 0 Å². The van der Waals surface area contributed by atoms with Crippen LogP contribution in [0.15, 0.2) is 0 Å². The fourth-order valence-electron chi connectivity index (χ4n) is 1.70. The molecule has 0 bridgehead atoms. The molecule has 0 spiro atoms. The molecule has 3 nitrogen and oxygen atoms in total. The van der Waals surface area contributed by atoms with Gasteiger partial charge < -0.3 is 5.73 Å². The van der Waals surface area contributed by atoms with Crippen molar-refractivity contribution in [3.05, 3.63) is 0 Å². The monoisotopic (exact) mass is 209 g/mol. The number of halogens is 1. The SMILES string of the molecule is CC(CN)C1(F)CCCS(=O)(=O)C1. The van der Waals surface area contributed by atoms with Crippen molar-refractivity contribution in [2.75, 3.05) is 18.1 Å². The molecule has 0 radical (unpaired) electrons. The van der Waals surface area contributed by atoms with Crippen LogP contribution in [-0.2, 0) is 9.84 Å². The molecule has 0 aromatic rings. The molecule has 2 atom stereocenters. The lowest BCUT2D eigenvalue weighted by atomic mass is 9.88. The predicted octanol–water partition coefficient (Wildman–Crippen LogP) is 0.498. The molecule has 2 N–H and O–H groups in total. The summed E-state index contributed by atoms with van der Waals surface area (Å²) in [5.74, 6) is -0.600. The molecule has 1 aliphatic heterocycles. The van der Waals surface area contributed by atoms with Crippen molar-refractivity contribution in [3.63, 3.8) is 0 Å². The van der Waals surface area contributed by atoms with Gasteiger partial charge in [-0.2, -0.15) is 0 Å².